The lowest BCUT2D eigenvalue weighted by atomic mass is 9.74. The largest absolute Gasteiger partial charge is 0.378 e. The van der Waals surface area contributed by atoms with Gasteiger partial charge in [0.2, 0.25) is 0 Å². The van der Waals surface area contributed by atoms with Gasteiger partial charge in [-0.05, 0) is 56.9 Å². The molecule has 2 saturated carbocycles. The Labute approximate surface area is 117 Å². The predicted octanol–water partition coefficient (Wildman–Crippen LogP) is 2.87. The van der Waals surface area contributed by atoms with Crippen LogP contribution in [0, 0.1) is 11.8 Å². The molecular weight excluding hydrogens is 238 g/mol. The summed E-state index contributed by atoms with van der Waals surface area (Å²) < 4.78 is 12.2. The minimum absolute atomic E-state index is 0.211. The number of hydrogen-bond donors (Lipinski definition) is 1. The summed E-state index contributed by atoms with van der Waals surface area (Å²) in [5.41, 5.74) is 6.11. The molecule has 2 aliphatic carbocycles. The van der Waals surface area contributed by atoms with Gasteiger partial charge in [0.05, 0.1) is 18.3 Å². The lowest BCUT2D eigenvalue weighted by Gasteiger charge is -2.47. The van der Waals surface area contributed by atoms with Crippen LogP contribution in [0.15, 0.2) is 0 Å². The molecule has 110 valence electrons. The zero-order chi connectivity index (χ0) is 13.1. The highest BCUT2D eigenvalue weighted by atomic mass is 16.5. The van der Waals surface area contributed by atoms with Gasteiger partial charge in [0, 0.05) is 13.0 Å². The molecule has 0 aromatic heterocycles. The second kappa shape index (κ2) is 6.11. The Hall–Kier alpha value is -0.120. The monoisotopic (exact) mass is 267 g/mol. The van der Waals surface area contributed by atoms with Crippen LogP contribution in [-0.4, -0.2) is 31.5 Å². The van der Waals surface area contributed by atoms with Crippen LogP contribution in [0.3, 0.4) is 0 Å². The first-order valence-corrected chi connectivity index (χ1v) is 8.27. The molecule has 19 heavy (non-hydrogen) atoms. The number of nitrogens with two attached hydrogens (primary N) is 1. The standard InChI is InChI=1S/C16H29NO2/c17-11-13-4-1-2-5-14(13)12-18-15-6-9-19-16(10-15)7-3-8-16/h13-15H,1-12,17H2. The van der Waals surface area contributed by atoms with Gasteiger partial charge in [-0.15, -0.1) is 0 Å². The maximum Gasteiger partial charge on any atom is 0.0707 e. The van der Waals surface area contributed by atoms with Crippen molar-refractivity contribution in [3.8, 4) is 0 Å². The normalized spacial score (nSPS) is 38.1. The van der Waals surface area contributed by atoms with Gasteiger partial charge < -0.3 is 15.2 Å². The third kappa shape index (κ3) is 3.14. The van der Waals surface area contributed by atoms with Crippen LogP contribution in [-0.2, 0) is 9.47 Å². The van der Waals surface area contributed by atoms with Gasteiger partial charge in [0.15, 0.2) is 0 Å². The molecular formula is C16H29NO2. The van der Waals surface area contributed by atoms with E-state index in [9.17, 15) is 0 Å². The predicted molar refractivity (Wildman–Crippen MR) is 76.0 cm³/mol. The van der Waals surface area contributed by atoms with E-state index in [0.717, 1.165) is 32.6 Å². The smallest absolute Gasteiger partial charge is 0.0707 e. The fourth-order valence-corrected chi connectivity index (χ4v) is 4.12. The van der Waals surface area contributed by atoms with Crippen molar-refractivity contribution in [2.24, 2.45) is 17.6 Å². The molecule has 0 aromatic carbocycles. The zero-order valence-electron chi connectivity index (χ0n) is 12.1. The summed E-state index contributed by atoms with van der Waals surface area (Å²) in [5, 5.41) is 0. The van der Waals surface area contributed by atoms with Crippen LogP contribution in [0.25, 0.3) is 0 Å². The van der Waals surface area contributed by atoms with Crippen LogP contribution >= 0.6 is 0 Å². The molecule has 3 nitrogen and oxygen atoms in total. The van der Waals surface area contributed by atoms with Crippen LogP contribution < -0.4 is 5.73 Å². The number of ether oxygens (including phenoxy) is 2. The van der Waals surface area contributed by atoms with Gasteiger partial charge in [0.25, 0.3) is 0 Å². The van der Waals surface area contributed by atoms with E-state index < -0.39 is 0 Å². The molecule has 3 atom stereocenters. The summed E-state index contributed by atoms with van der Waals surface area (Å²) >= 11 is 0. The highest BCUT2D eigenvalue weighted by Crippen LogP contribution is 2.43. The van der Waals surface area contributed by atoms with Crippen molar-refractivity contribution in [2.45, 2.75) is 69.5 Å². The Balaban J connectivity index is 1.45. The Morgan fingerprint density at radius 3 is 2.53 bits per heavy atom. The van der Waals surface area contributed by atoms with Gasteiger partial charge >= 0.3 is 0 Å². The lowest BCUT2D eigenvalue weighted by molar-refractivity contribution is -0.172. The molecule has 1 saturated heterocycles. The van der Waals surface area contributed by atoms with Crippen molar-refractivity contribution in [1.82, 2.24) is 0 Å². The second-order valence-electron chi connectivity index (χ2n) is 6.87. The molecule has 3 rings (SSSR count). The Kier molecular flexibility index (Phi) is 4.45. The van der Waals surface area contributed by atoms with Crippen LogP contribution in [0.4, 0.5) is 0 Å². The van der Waals surface area contributed by atoms with Gasteiger partial charge in [-0.25, -0.2) is 0 Å². The molecule has 0 amide bonds. The SMILES string of the molecule is NCC1CCCCC1COC1CCOC2(CCC2)C1. The molecule has 3 unspecified atom stereocenters. The van der Waals surface area contributed by atoms with Crippen molar-refractivity contribution in [3.63, 3.8) is 0 Å². The van der Waals surface area contributed by atoms with E-state index in [-0.39, 0.29) is 5.60 Å². The van der Waals surface area contributed by atoms with Crippen LogP contribution in [0.5, 0.6) is 0 Å². The summed E-state index contributed by atoms with van der Waals surface area (Å²) in [5.74, 6) is 1.41. The van der Waals surface area contributed by atoms with Gasteiger partial charge in [-0.2, -0.15) is 0 Å². The number of rotatable bonds is 4. The Morgan fingerprint density at radius 1 is 1.05 bits per heavy atom. The molecule has 3 fully saturated rings. The molecule has 3 heteroatoms. The summed E-state index contributed by atoms with van der Waals surface area (Å²) in [7, 11) is 0. The molecule has 2 N–H and O–H groups in total. The average molecular weight is 267 g/mol. The van der Waals surface area contributed by atoms with Gasteiger partial charge in [0.1, 0.15) is 0 Å². The fraction of sp³-hybridized carbons (Fsp3) is 1.00. The zero-order valence-corrected chi connectivity index (χ0v) is 12.1. The fourth-order valence-electron chi connectivity index (χ4n) is 4.12. The minimum Gasteiger partial charge on any atom is -0.378 e. The molecule has 3 aliphatic rings. The summed E-state index contributed by atoms with van der Waals surface area (Å²) in [6, 6.07) is 0. The molecule has 1 spiro atoms. The van der Waals surface area contributed by atoms with E-state index in [2.05, 4.69) is 0 Å². The molecule has 0 bridgehead atoms. The van der Waals surface area contributed by atoms with E-state index in [1.54, 1.807) is 0 Å². The summed E-state index contributed by atoms with van der Waals surface area (Å²) in [4.78, 5) is 0. The maximum atomic E-state index is 6.25. The van der Waals surface area contributed by atoms with Crippen molar-refractivity contribution in [3.05, 3.63) is 0 Å². The lowest BCUT2D eigenvalue weighted by Crippen LogP contribution is -2.48. The summed E-state index contributed by atoms with van der Waals surface area (Å²) in [6.45, 7) is 2.67. The molecule has 1 heterocycles. The third-order valence-electron chi connectivity index (χ3n) is 5.63. The maximum absolute atomic E-state index is 6.25. The third-order valence-corrected chi connectivity index (χ3v) is 5.63. The quantitative estimate of drug-likeness (QED) is 0.852. The van der Waals surface area contributed by atoms with Crippen molar-refractivity contribution in [2.75, 3.05) is 19.8 Å². The Bertz CT molecular complexity index is 290. The summed E-state index contributed by atoms with van der Waals surface area (Å²) in [6.07, 6.45) is 11.8. The van der Waals surface area contributed by atoms with E-state index in [0.29, 0.717) is 17.9 Å². The second-order valence-corrected chi connectivity index (χ2v) is 6.87. The van der Waals surface area contributed by atoms with E-state index in [4.69, 9.17) is 15.2 Å². The highest BCUT2D eigenvalue weighted by Gasteiger charge is 2.43. The van der Waals surface area contributed by atoms with Crippen molar-refractivity contribution < 1.29 is 9.47 Å². The first-order valence-electron chi connectivity index (χ1n) is 8.27. The van der Waals surface area contributed by atoms with Gasteiger partial charge in [-0.3, -0.25) is 0 Å². The first kappa shape index (κ1) is 13.8. The van der Waals surface area contributed by atoms with E-state index in [1.807, 2.05) is 0 Å². The minimum atomic E-state index is 0.211. The van der Waals surface area contributed by atoms with Crippen molar-refractivity contribution >= 4 is 0 Å². The topological polar surface area (TPSA) is 44.5 Å². The van der Waals surface area contributed by atoms with E-state index >= 15 is 0 Å². The highest BCUT2D eigenvalue weighted by molar-refractivity contribution is 4.94. The molecule has 0 radical (unpaired) electrons. The molecule has 1 aliphatic heterocycles. The Morgan fingerprint density at radius 2 is 1.84 bits per heavy atom. The average Bonchev–Trinajstić information content (AvgIpc) is 2.44. The van der Waals surface area contributed by atoms with Crippen LogP contribution in [0.2, 0.25) is 0 Å². The van der Waals surface area contributed by atoms with Crippen molar-refractivity contribution in [1.29, 1.82) is 0 Å². The first-order chi connectivity index (χ1) is 9.31. The molecule has 0 aromatic rings. The van der Waals surface area contributed by atoms with Gasteiger partial charge in [-0.1, -0.05) is 12.8 Å². The number of hydrogen-bond acceptors (Lipinski definition) is 3. The van der Waals surface area contributed by atoms with E-state index in [1.165, 1.54) is 44.9 Å². The van der Waals surface area contributed by atoms with Crippen LogP contribution in [0.1, 0.15) is 57.8 Å².